The summed E-state index contributed by atoms with van der Waals surface area (Å²) in [5.74, 6) is -0.924. The maximum absolute atomic E-state index is 13.0. The van der Waals surface area contributed by atoms with Gasteiger partial charge in [0.05, 0.1) is 22.0 Å². The molecule has 0 radical (unpaired) electrons. The van der Waals surface area contributed by atoms with E-state index in [2.05, 4.69) is 10.6 Å². The molecule has 3 rings (SSSR count). The van der Waals surface area contributed by atoms with Gasteiger partial charge in [0.2, 0.25) is 11.8 Å². The van der Waals surface area contributed by atoms with Gasteiger partial charge in [-0.15, -0.1) is 0 Å². The highest BCUT2D eigenvalue weighted by molar-refractivity contribution is 7.92. The number of carbonyl (C=O) groups is 2. The minimum absolute atomic E-state index is 0.0356. The van der Waals surface area contributed by atoms with Crippen molar-refractivity contribution in [2.75, 3.05) is 21.5 Å². The van der Waals surface area contributed by atoms with Crippen molar-refractivity contribution in [3.63, 3.8) is 0 Å². The van der Waals surface area contributed by atoms with Crippen LogP contribution >= 0.6 is 0 Å². The average Bonchev–Trinajstić information content (AvgIpc) is 2.71. The summed E-state index contributed by atoms with van der Waals surface area (Å²) in [4.78, 5) is 23.3. The van der Waals surface area contributed by atoms with Crippen LogP contribution in [0.1, 0.15) is 13.3 Å². The van der Waals surface area contributed by atoms with Crippen molar-refractivity contribution in [3.05, 3.63) is 48.5 Å². The Balaban J connectivity index is 2.03. The van der Waals surface area contributed by atoms with Crippen molar-refractivity contribution < 1.29 is 18.0 Å². The number of para-hydroxylation sites is 1. The van der Waals surface area contributed by atoms with Crippen molar-refractivity contribution in [3.8, 4) is 0 Å². The zero-order valence-electron chi connectivity index (χ0n) is 13.5. The van der Waals surface area contributed by atoms with Crippen LogP contribution in [0.15, 0.2) is 53.4 Å². The number of hydrogen-bond acceptors (Lipinski definition) is 4. The first-order valence-electron chi connectivity index (χ1n) is 7.73. The van der Waals surface area contributed by atoms with Crippen LogP contribution in [-0.2, 0) is 19.6 Å². The summed E-state index contributed by atoms with van der Waals surface area (Å²) >= 11 is 0. The molecule has 2 aromatic rings. The van der Waals surface area contributed by atoms with Crippen LogP contribution in [0.4, 0.5) is 17.1 Å². The van der Waals surface area contributed by atoms with Crippen LogP contribution in [-0.4, -0.2) is 26.8 Å². The van der Waals surface area contributed by atoms with Gasteiger partial charge in [-0.2, -0.15) is 0 Å². The molecule has 130 valence electrons. The van der Waals surface area contributed by atoms with Gasteiger partial charge in [0.25, 0.3) is 10.0 Å². The number of benzene rings is 2. The molecule has 1 heterocycles. The molecule has 0 saturated carbocycles. The Bertz CT molecular complexity index is 926. The van der Waals surface area contributed by atoms with Crippen LogP contribution in [0.2, 0.25) is 0 Å². The quantitative estimate of drug-likeness (QED) is 0.818. The van der Waals surface area contributed by atoms with Gasteiger partial charge >= 0.3 is 0 Å². The number of fused-ring (bicyclic) bond motifs is 1. The van der Waals surface area contributed by atoms with Crippen molar-refractivity contribution in [2.24, 2.45) is 0 Å². The van der Waals surface area contributed by atoms with Crippen molar-refractivity contribution in [1.82, 2.24) is 0 Å². The van der Waals surface area contributed by atoms with Crippen molar-refractivity contribution in [1.29, 1.82) is 0 Å². The molecule has 0 atom stereocenters. The smallest absolute Gasteiger partial charge is 0.264 e. The number of sulfonamides is 1. The van der Waals surface area contributed by atoms with Crippen LogP contribution in [0.5, 0.6) is 0 Å². The second-order valence-electron chi connectivity index (χ2n) is 5.49. The predicted octanol–water partition coefficient (Wildman–Crippen LogP) is 2.18. The van der Waals surface area contributed by atoms with E-state index in [-0.39, 0.29) is 23.5 Å². The molecular weight excluding hydrogens is 342 g/mol. The average molecular weight is 359 g/mol. The zero-order valence-corrected chi connectivity index (χ0v) is 14.3. The predicted molar refractivity (Wildman–Crippen MR) is 95.0 cm³/mol. The molecule has 8 heteroatoms. The zero-order chi connectivity index (χ0) is 18.0. The summed E-state index contributed by atoms with van der Waals surface area (Å²) in [6.07, 6.45) is -0.304. The summed E-state index contributed by atoms with van der Waals surface area (Å²) in [6.45, 7) is 2.00. The van der Waals surface area contributed by atoms with E-state index in [1.165, 1.54) is 22.5 Å². The van der Waals surface area contributed by atoms with Crippen LogP contribution in [0.3, 0.4) is 0 Å². The number of amides is 2. The molecule has 25 heavy (non-hydrogen) atoms. The maximum Gasteiger partial charge on any atom is 0.264 e. The highest BCUT2D eigenvalue weighted by Crippen LogP contribution is 2.30. The van der Waals surface area contributed by atoms with Gasteiger partial charge in [-0.25, -0.2) is 8.42 Å². The standard InChI is InChI=1S/C17H17N3O4S/c1-2-20(12-6-4-3-5-7-12)25(23,24)13-8-9-14-15(10-13)19-17(22)11-16(21)18-14/h3-10H,2,11H2,1H3,(H,18,21)(H,19,22). The first-order chi connectivity index (χ1) is 11.9. The van der Waals surface area contributed by atoms with E-state index in [4.69, 9.17) is 0 Å². The third-order valence-electron chi connectivity index (χ3n) is 3.78. The maximum atomic E-state index is 13.0. The highest BCUT2D eigenvalue weighted by Gasteiger charge is 2.26. The topological polar surface area (TPSA) is 95.6 Å². The van der Waals surface area contributed by atoms with Gasteiger partial charge in [-0.05, 0) is 37.3 Å². The van der Waals surface area contributed by atoms with E-state index in [0.29, 0.717) is 11.4 Å². The van der Waals surface area contributed by atoms with Crippen LogP contribution in [0.25, 0.3) is 0 Å². The molecule has 0 saturated heterocycles. The molecule has 0 bridgehead atoms. The normalized spacial score (nSPS) is 14.1. The number of anilines is 3. The minimum atomic E-state index is -3.81. The lowest BCUT2D eigenvalue weighted by atomic mass is 10.2. The first kappa shape index (κ1) is 17.0. The van der Waals surface area contributed by atoms with E-state index in [9.17, 15) is 18.0 Å². The fourth-order valence-corrected chi connectivity index (χ4v) is 4.14. The molecule has 7 nitrogen and oxygen atoms in total. The second kappa shape index (κ2) is 6.56. The fourth-order valence-electron chi connectivity index (χ4n) is 2.64. The Kier molecular flexibility index (Phi) is 4.45. The number of carbonyl (C=O) groups excluding carboxylic acids is 2. The number of rotatable bonds is 4. The van der Waals surface area contributed by atoms with Crippen molar-refractivity contribution >= 4 is 38.9 Å². The minimum Gasteiger partial charge on any atom is -0.324 e. The lowest BCUT2D eigenvalue weighted by Crippen LogP contribution is -2.30. The summed E-state index contributed by atoms with van der Waals surface area (Å²) < 4.78 is 27.3. The molecular formula is C17H17N3O4S. The fraction of sp³-hybridized carbons (Fsp3) is 0.176. The molecule has 2 N–H and O–H groups in total. The Morgan fingerprint density at radius 2 is 1.60 bits per heavy atom. The molecule has 0 aliphatic carbocycles. The van der Waals surface area contributed by atoms with E-state index in [1.807, 2.05) is 6.07 Å². The number of nitrogens with zero attached hydrogens (tertiary/aromatic N) is 1. The lowest BCUT2D eigenvalue weighted by Gasteiger charge is -2.23. The number of hydrogen-bond donors (Lipinski definition) is 2. The Hall–Kier alpha value is -2.87. The largest absolute Gasteiger partial charge is 0.324 e. The van der Waals surface area contributed by atoms with Gasteiger partial charge in [-0.3, -0.25) is 13.9 Å². The monoisotopic (exact) mass is 359 g/mol. The Morgan fingerprint density at radius 3 is 2.24 bits per heavy atom. The van der Waals surface area contributed by atoms with E-state index in [0.717, 1.165) is 0 Å². The van der Waals surface area contributed by atoms with Crippen LogP contribution in [0, 0.1) is 0 Å². The number of nitrogens with one attached hydrogen (secondary N) is 2. The van der Waals surface area contributed by atoms with Gasteiger partial charge < -0.3 is 10.6 Å². The molecule has 1 aliphatic heterocycles. The molecule has 2 aromatic carbocycles. The van der Waals surface area contributed by atoms with E-state index < -0.39 is 21.8 Å². The highest BCUT2D eigenvalue weighted by atomic mass is 32.2. The van der Waals surface area contributed by atoms with E-state index in [1.54, 1.807) is 31.2 Å². The molecule has 2 amide bonds. The van der Waals surface area contributed by atoms with Gasteiger partial charge in [-0.1, -0.05) is 18.2 Å². The third kappa shape index (κ3) is 3.34. The lowest BCUT2D eigenvalue weighted by molar-refractivity contribution is -0.123. The van der Waals surface area contributed by atoms with E-state index >= 15 is 0 Å². The van der Waals surface area contributed by atoms with Crippen molar-refractivity contribution in [2.45, 2.75) is 18.2 Å². The van der Waals surface area contributed by atoms with Gasteiger partial charge in [0.15, 0.2) is 0 Å². The van der Waals surface area contributed by atoms with Gasteiger partial charge in [0, 0.05) is 6.54 Å². The van der Waals surface area contributed by atoms with Gasteiger partial charge in [0.1, 0.15) is 6.42 Å². The Morgan fingerprint density at radius 1 is 0.960 bits per heavy atom. The molecule has 0 spiro atoms. The van der Waals surface area contributed by atoms with Crippen LogP contribution < -0.4 is 14.9 Å². The summed E-state index contributed by atoms with van der Waals surface area (Å²) in [5, 5.41) is 5.13. The molecule has 0 unspecified atom stereocenters. The summed E-state index contributed by atoms with van der Waals surface area (Å²) in [7, 11) is -3.81. The molecule has 0 aromatic heterocycles. The Labute approximate surface area is 145 Å². The summed E-state index contributed by atoms with van der Waals surface area (Å²) in [6, 6.07) is 13.0. The molecule has 1 aliphatic rings. The second-order valence-corrected chi connectivity index (χ2v) is 7.35. The third-order valence-corrected chi connectivity index (χ3v) is 5.68. The summed E-state index contributed by atoms with van der Waals surface area (Å²) in [5.41, 5.74) is 1.19. The first-order valence-corrected chi connectivity index (χ1v) is 9.17. The SMILES string of the molecule is CCN(c1ccccc1)S(=O)(=O)c1ccc2c(c1)NC(=O)CC(=O)N2. The molecule has 0 fully saturated rings.